The van der Waals surface area contributed by atoms with Crippen molar-refractivity contribution in [3.8, 4) is 17.2 Å². The van der Waals surface area contributed by atoms with Crippen molar-refractivity contribution in [3.05, 3.63) is 48.0 Å². The second kappa shape index (κ2) is 8.96. The van der Waals surface area contributed by atoms with E-state index in [0.717, 1.165) is 11.0 Å². The molecule has 0 unspecified atom stereocenters. The lowest BCUT2D eigenvalue weighted by Crippen LogP contribution is -2.52. The molecule has 0 fully saturated rings. The monoisotopic (exact) mass is 402 g/mol. The molecule has 0 saturated heterocycles. The highest BCUT2D eigenvalue weighted by molar-refractivity contribution is 6.00. The van der Waals surface area contributed by atoms with Crippen LogP contribution in [-0.4, -0.2) is 50.3 Å². The number of aliphatic carboxylic acids is 1. The summed E-state index contributed by atoms with van der Waals surface area (Å²) < 4.78 is 0. The Hall–Kier alpha value is -3.75. The number of carboxylic acid groups (broad SMARTS) is 1. The maximum absolute atomic E-state index is 12.7. The van der Waals surface area contributed by atoms with Gasteiger partial charge in [0.25, 0.3) is 0 Å². The van der Waals surface area contributed by atoms with Crippen molar-refractivity contribution in [2.75, 3.05) is 4.90 Å². The van der Waals surface area contributed by atoms with E-state index in [1.807, 2.05) is 0 Å². The quantitative estimate of drug-likeness (QED) is 0.439. The summed E-state index contributed by atoms with van der Waals surface area (Å²) >= 11 is 0. The molecule has 154 valence electrons. The third-order valence-electron chi connectivity index (χ3n) is 4.33. The predicted octanol–water partition coefficient (Wildman–Crippen LogP) is 1.36. The largest absolute Gasteiger partial charge is 0.508 e. The molecule has 0 saturated carbocycles. The fraction of sp³-hybridized carbons (Fsp3) is 0.250. The molecule has 0 heterocycles. The number of rotatable bonds is 7. The molecule has 2 aromatic rings. The number of benzene rings is 2. The molecule has 0 aromatic heterocycles. The van der Waals surface area contributed by atoms with E-state index in [4.69, 9.17) is 0 Å². The first-order valence-electron chi connectivity index (χ1n) is 8.73. The average molecular weight is 402 g/mol. The lowest BCUT2D eigenvalue weighted by molar-refractivity contribution is -0.142. The summed E-state index contributed by atoms with van der Waals surface area (Å²) in [5, 5.41) is 40.3. The molecular weight excluding hydrogens is 380 g/mol. The lowest BCUT2D eigenvalue weighted by Gasteiger charge is -2.28. The Balaban J connectivity index is 2.19. The lowest BCUT2D eigenvalue weighted by atomic mass is 10.1. The van der Waals surface area contributed by atoms with Crippen molar-refractivity contribution in [2.24, 2.45) is 0 Å². The molecule has 9 nitrogen and oxygen atoms in total. The van der Waals surface area contributed by atoms with E-state index >= 15 is 0 Å². The number of carbonyl (C=O) groups is 3. The van der Waals surface area contributed by atoms with Crippen LogP contribution in [0.5, 0.6) is 17.2 Å². The average Bonchev–Trinajstić information content (AvgIpc) is 2.65. The number of anilines is 1. The Kier molecular flexibility index (Phi) is 6.66. The molecule has 0 radical (unpaired) electrons. The number of carboxylic acids is 1. The summed E-state index contributed by atoms with van der Waals surface area (Å²) in [6, 6.07) is 7.23. The van der Waals surface area contributed by atoms with Crippen LogP contribution in [0.15, 0.2) is 42.5 Å². The van der Waals surface area contributed by atoms with Gasteiger partial charge in [0, 0.05) is 25.1 Å². The molecule has 2 aromatic carbocycles. The van der Waals surface area contributed by atoms with Crippen LogP contribution >= 0.6 is 0 Å². The molecule has 0 spiro atoms. The van der Waals surface area contributed by atoms with Crippen LogP contribution in [0.3, 0.4) is 0 Å². The maximum atomic E-state index is 12.7. The molecule has 5 N–H and O–H groups in total. The number of phenols is 3. The van der Waals surface area contributed by atoms with Gasteiger partial charge in [-0.3, -0.25) is 9.59 Å². The smallest absolute Gasteiger partial charge is 0.326 e. The van der Waals surface area contributed by atoms with E-state index in [0.29, 0.717) is 5.56 Å². The van der Waals surface area contributed by atoms with Gasteiger partial charge >= 0.3 is 5.97 Å². The van der Waals surface area contributed by atoms with E-state index in [2.05, 4.69) is 5.32 Å². The topological polar surface area (TPSA) is 147 Å². The Morgan fingerprint density at radius 1 is 1.00 bits per heavy atom. The number of nitrogens with zero attached hydrogens (tertiary/aromatic N) is 1. The number of hydrogen-bond acceptors (Lipinski definition) is 6. The minimum atomic E-state index is -1.25. The molecule has 2 amide bonds. The maximum Gasteiger partial charge on any atom is 0.326 e. The molecule has 0 aliphatic rings. The van der Waals surface area contributed by atoms with Crippen LogP contribution in [0.2, 0.25) is 0 Å². The fourth-order valence-corrected chi connectivity index (χ4v) is 2.82. The summed E-state index contributed by atoms with van der Waals surface area (Å²) in [6.45, 7) is 2.64. The van der Waals surface area contributed by atoms with Crippen molar-refractivity contribution >= 4 is 23.5 Å². The number of carbonyl (C=O) groups excluding carboxylic acids is 2. The summed E-state index contributed by atoms with van der Waals surface area (Å²) in [4.78, 5) is 37.4. The summed E-state index contributed by atoms with van der Waals surface area (Å²) in [5.74, 6) is -3.28. The Morgan fingerprint density at radius 2 is 1.62 bits per heavy atom. The van der Waals surface area contributed by atoms with E-state index < -0.39 is 35.6 Å². The Morgan fingerprint density at radius 3 is 2.14 bits per heavy atom. The number of amides is 2. The first-order chi connectivity index (χ1) is 13.6. The van der Waals surface area contributed by atoms with Crippen LogP contribution in [0.25, 0.3) is 0 Å². The van der Waals surface area contributed by atoms with E-state index in [1.54, 1.807) is 12.1 Å². The SMILES string of the molecule is CC(=O)N(c1ccc(O)c(O)c1)[C@@H](C)C(=O)N[C@@H](Cc1ccc(O)cc1)C(=O)O. The predicted molar refractivity (Wildman–Crippen MR) is 104 cm³/mol. The third kappa shape index (κ3) is 5.38. The summed E-state index contributed by atoms with van der Waals surface area (Å²) in [6.07, 6.45) is -0.0197. The molecule has 0 aliphatic carbocycles. The Labute approximate surface area is 166 Å². The fourth-order valence-electron chi connectivity index (χ4n) is 2.82. The molecule has 0 bridgehead atoms. The standard InChI is InChI=1S/C20H22N2O7/c1-11(22(12(2)23)14-5-8-17(25)18(26)10-14)19(27)21-16(20(28)29)9-13-3-6-15(24)7-4-13/h3-8,10-11,16,24-26H,9H2,1-2H3,(H,21,27)(H,28,29)/t11-,16-/m0/s1. The first-order valence-corrected chi connectivity index (χ1v) is 8.73. The minimum Gasteiger partial charge on any atom is -0.508 e. The zero-order chi connectivity index (χ0) is 21.7. The Bertz CT molecular complexity index is 912. The van der Waals surface area contributed by atoms with Crippen LogP contribution in [-0.2, 0) is 20.8 Å². The van der Waals surface area contributed by atoms with Gasteiger partial charge in [0.05, 0.1) is 0 Å². The van der Waals surface area contributed by atoms with Gasteiger partial charge in [-0.2, -0.15) is 0 Å². The van der Waals surface area contributed by atoms with Crippen LogP contribution < -0.4 is 10.2 Å². The van der Waals surface area contributed by atoms with Crippen molar-refractivity contribution in [2.45, 2.75) is 32.4 Å². The number of phenolic OH excluding ortho intramolecular Hbond substituents is 3. The van der Waals surface area contributed by atoms with Crippen molar-refractivity contribution in [1.82, 2.24) is 5.32 Å². The summed E-state index contributed by atoms with van der Waals surface area (Å²) in [7, 11) is 0. The van der Waals surface area contributed by atoms with Crippen molar-refractivity contribution < 1.29 is 34.8 Å². The van der Waals surface area contributed by atoms with Gasteiger partial charge in [-0.15, -0.1) is 0 Å². The van der Waals surface area contributed by atoms with E-state index in [-0.39, 0.29) is 23.6 Å². The number of hydrogen-bond donors (Lipinski definition) is 5. The molecule has 2 rings (SSSR count). The normalized spacial score (nSPS) is 12.6. The minimum absolute atomic E-state index is 0.0197. The highest BCUT2D eigenvalue weighted by atomic mass is 16.4. The van der Waals surface area contributed by atoms with Gasteiger partial charge in [0.1, 0.15) is 17.8 Å². The van der Waals surface area contributed by atoms with Crippen molar-refractivity contribution in [3.63, 3.8) is 0 Å². The molecule has 2 atom stereocenters. The first kappa shape index (κ1) is 21.5. The van der Waals surface area contributed by atoms with Crippen LogP contribution in [0.4, 0.5) is 5.69 Å². The van der Waals surface area contributed by atoms with E-state index in [9.17, 15) is 34.8 Å². The highest BCUT2D eigenvalue weighted by Crippen LogP contribution is 2.30. The molecule has 29 heavy (non-hydrogen) atoms. The zero-order valence-corrected chi connectivity index (χ0v) is 15.9. The van der Waals surface area contributed by atoms with Gasteiger partial charge in [-0.05, 0) is 36.8 Å². The van der Waals surface area contributed by atoms with Crippen LogP contribution in [0, 0.1) is 0 Å². The number of aromatic hydroxyl groups is 3. The second-order valence-electron chi connectivity index (χ2n) is 6.51. The summed E-state index contributed by atoms with van der Waals surface area (Å²) in [5.41, 5.74) is 0.760. The molecular formula is C20H22N2O7. The second-order valence-corrected chi connectivity index (χ2v) is 6.51. The van der Waals surface area contributed by atoms with Gasteiger partial charge in [-0.1, -0.05) is 12.1 Å². The van der Waals surface area contributed by atoms with Gasteiger partial charge in [0.2, 0.25) is 11.8 Å². The third-order valence-corrected chi connectivity index (χ3v) is 4.33. The highest BCUT2D eigenvalue weighted by Gasteiger charge is 2.29. The van der Waals surface area contributed by atoms with Gasteiger partial charge in [0.15, 0.2) is 11.5 Å². The van der Waals surface area contributed by atoms with Crippen molar-refractivity contribution in [1.29, 1.82) is 0 Å². The zero-order valence-electron chi connectivity index (χ0n) is 15.9. The van der Waals surface area contributed by atoms with Gasteiger partial charge in [-0.25, -0.2) is 4.79 Å². The van der Waals surface area contributed by atoms with Gasteiger partial charge < -0.3 is 30.6 Å². The van der Waals surface area contributed by atoms with E-state index in [1.165, 1.54) is 38.1 Å². The molecule has 0 aliphatic heterocycles. The number of nitrogens with one attached hydrogen (secondary N) is 1. The molecule has 9 heteroatoms. The van der Waals surface area contributed by atoms with Crippen LogP contribution in [0.1, 0.15) is 19.4 Å².